The van der Waals surface area contributed by atoms with E-state index in [4.69, 9.17) is 5.14 Å². The van der Waals surface area contributed by atoms with E-state index in [-0.39, 0.29) is 27.2 Å². The van der Waals surface area contributed by atoms with E-state index in [1.807, 2.05) is 0 Å². The average molecular weight is 561 g/mol. The highest BCUT2D eigenvalue weighted by Crippen LogP contribution is 2.39. The molecule has 13 heteroatoms. The van der Waals surface area contributed by atoms with E-state index >= 15 is 0 Å². The fourth-order valence-corrected chi connectivity index (χ4v) is 4.80. The smallest absolute Gasteiger partial charge is 0.325 e. The first-order valence-corrected chi connectivity index (χ1v) is 13.4. The van der Waals surface area contributed by atoms with Gasteiger partial charge in [0.1, 0.15) is 5.70 Å². The number of hydrogen-bond acceptors (Lipinski definition) is 6. The van der Waals surface area contributed by atoms with Crippen molar-refractivity contribution in [2.75, 3.05) is 16.0 Å². The van der Waals surface area contributed by atoms with Crippen molar-refractivity contribution in [2.45, 2.75) is 11.1 Å². The molecule has 0 aliphatic carbocycles. The molecule has 38 heavy (non-hydrogen) atoms. The van der Waals surface area contributed by atoms with Crippen molar-refractivity contribution in [3.63, 3.8) is 0 Å². The summed E-state index contributed by atoms with van der Waals surface area (Å²) in [6.07, 6.45) is -3.29. The lowest BCUT2D eigenvalue weighted by molar-refractivity contribution is -0.137. The molecule has 0 atom stereocenters. The van der Waals surface area contributed by atoms with Crippen LogP contribution in [-0.2, 0) is 25.8 Å². The van der Waals surface area contributed by atoms with Gasteiger partial charge in [0.25, 0.3) is 5.91 Å². The number of nitrogens with one attached hydrogen (secondary N) is 1. The number of carbonyl (C=O) groups is 2. The Kier molecular flexibility index (Phi) is 7.71. The molecule has 0 fully saturated rings. The van der Waals surface area contributed by atoms with Crippen LogP contribution in [0.4, 0.5) is 24.5 Å². The summed E-state index contributed by atoms with van der Waals surface area (Å²) in [4.78, 5) is 30.8. The molecule has 1 aliphatic heterocycles. The number of aliphatic imine (C=N–C) groups is 1. The number of benzene rings is 3. The number of thioether (sulfide) groups is 1. The van der Waals surface area contributed by atoms with E-state index < -0.39 is 39.3 Å². The van der Waals surface area contributed by atoms with Gasteiger partial charge in [0.15, 0.2) is 5.17 Å². The predicted octanol–water partition coefficient (Wildman–Crippen LogP) is 4.47. The van der Waals surface area contributed by atoms with Gasteiger partial charge in [0.2, 0.25) is 15.9 Å². The number of primary sulfonamides is 1. The third-order valence-corrected chi connectivity index (χ3v) is 7.05. The number of nitrogens with two attached hydrogens (primary N) is 1. The normalized spacial score (nSPS) is 15.1. The summed E-state index contributed by atoms with van der Waals surface area (Å²) in [6.45, 7) is 0. The maximum absolute atomic E-state index is 13.7. The zero-order valence-electron chi connectivity index (χ0n) is 19.3. The molecule has 196 valence electrons. The fraction of sp³-hybridized carbons (Fsp3) is 0.0800. The molecule has 0 saturated heterocycles. The van der Waals surface area contributed by atoms with Crippen LogP contribution in [0.3, 0.4) is 0 Å². The fourth-order valence-electron chi connectivity index (χ4n) is 3.48. The molecule has 8 nitrogen and oxygen atoms in total. The van der Waals surface area contributed by atoms with Gasteiger partial charge in [-0.25, -0.2) is 18.5 Å². The number of para-hydroxylation sites is 1. The Morgan fingerprint density at radius 3 is 2.26 bits per heavy atom. The van der Waals surface area contributed by atoms with E-state index in [9.17, 15) is 31.2 Å². The van der Waals surface area contributed by atoms with Gasteiger partial charge >= 0.3 is 6.18 Å². The predicted molar refractivity (Wildman–Crippen MR) is 140 cm³/mol. The van der Waals surface area contributed by atoms with Gasteiger partial charge in [-0.15, -0.1) is 0 Å². The molecule has 0 radical (unpaired) electrons. The quantitative estimate of drug-likeness (QED) is 0.431. The molecule has 2 amide bonds. The van der Waals surface area contributed by atoms with Crippen molar-refractivity contribution in [2.24, 2.45) is 10.1 Å². The molecule has 4 rings (SSSR count). The maximum atomic E-state index is 13.7. The van der Waals surface area contributed by atoms with Crippen LogP contribution in [0, 0.1) is 0 Å². The number of sulfonamides is 1. The van der Waals surface area contributed by atoms with Gasteiger partial charge in [0.05, 0.1) is 21.9 Å². The van der Waals surface area contributed by atoms with E-state index in [0.717, 1.165) is 28.8 Å². The summed E-state index contributed by atoms with van der Waals surface area (Å²) in [5.41, 5.74) is -0.629. The van der Waals surface area contributed by atoms with Crippen molar-refractivity contribution in [1.82, 2.24) is 0 Å². The van der Waals surface area contributed by atoms with Gasteiger partial charge < -0.3 is 5.32 Å². The second-order valence-electron chi connectivity index (χ2n) is 7.90. The summed E-state index contributed by atoms with van der Waals surface area (Å²) < 4.78 is 64.0. The molecule has 3 aromatic rings. The van der Waals surface area contributed by atoms with Crippen LogP contribution < -0.4 is 15.4 Å². The van der Waals surface area contributed by atoms with Crippen LogP contribution in [0.15, 0.2) is 94.4 Å². The van der Waals surface area contributed by atoms with Crippen LogP contribution in [0.1, 0.15) is 11.1 Å². The third-order valence-electron chi connectivity index (χ3n) is 5.18. The Morgan fingerprint density at radius 2 is 1.63 bits per heavy atom. The number of nitrogens with zero attached hydrogens (tertiary/aromatic N) is 2. The Bertz CT molecular complexity index is 1540. The van der Waals surface area contributed by atoms with Gasteiger partial charge in [-0.1, -0.05) is 54.2 Å². The molecule has 3 aromatic carbocycles. The topological polar surface area (TPSA) is 122 Å². The number of anilines is 2. The van der Waals surface area contributed by atoms with Crippen LogP contribution in [0.5, 0.6) is 0 Å². The first-order valence-electron chi connectivity index (χ1n) is 10.8. The second-order valence-corrected chi connectivity index (χ2v) is 10.4. The van der Waals surface area contributed by atoms with Crippen LogP contribution in [0.25, 0.3) is 6.08 Å². The SMILES string of the molecule is NS(=O)(=O)c1ccc(NC(=O)CSC2=N/C(=C/c3ccccc3)C(=O)N2c2ccccc2C(F)(F)F)cc1. The zero-order valence-corrected chi connectivity index (χ0v) is 21.0. The minimum Gasteiger partial charge on any atom is -0.325 e. The van der Waals surface area contributed by atoms with Gasteiger partial charge in [-0.2, -0.15) is 13.2 Å². The number of amides is 2. The number of alkyl halides is 3. The Morgan fingerprint density at radius 1 is 1.00 bits per heavy atom. The Balaban J connectivity index is 1.60. The summed E-state index contributed by atoms with van der Waals surface area (Å²) in [6, 6.07) is 18.4. The first-order chi connectivity index (χ1) is 17.9. The molecule has 0 saturated carbocycles. The second kappa shape index (κ2) is 10.8. The van der Waals surface area contributed by atoms with E-state index in [0.29, 0.717) is 5.56 Å². The highest BCUT2D eigenvalue weighted by Gasteiger charge is 2.40. The van der Waals surface area contributed by atoms with Gasteiger partial charge in [-0.05, 0) is 48.0 Å². The van der Waals surface area contributed by atoms with E-state index in [1.165, 1.54) is 42.5 Å². The van der Waals surface area contributed by atoms with E-state index in [1.54, 1.807) is 30.3 Å². The Labute approximate surface area is 220 Å². The Hall–Kier alpha value is -3.94. The molecule has 3 N–H and O–H groups in total. The van der Waals surface area contributed by atoms with Gasteiger partial charge in [0, 0.05) is 5.69 Å². The average Bonchev–Trinajstić information content (AvgIpc) is 3.17. The van der Waals surface area contributed by atoms with E-state index in [2.05, 4.69) is 10.3 Å². The largest absolute Gasteiger partial charge is 0.418 e. The van der Waals surface area contributed by atoms with Crippen molar-refractivity contribution in [3.8, 4) is 0 Å². The van der Waals surface area contributed by atoms with Gasteiger partial charge in [-0.3, -0.25) is 14.5 Å². The lowest BCUT2D eigenvalue weighted by Gasteiger charge is -2.22. The molecule has 0 bridgehead atoms. The van der Waals surface area contributed by atoms with Crippen molar-refractivity contribution in [1.29, 1.82) is 0 Å². The minimum atomic E-state index is -4.74. The first kappa shape index (κ1) is 27.1. The minimum absolute atomic E-state index is 0.0883. The highest BCUT2D eigenvalue weighted by molar-refractivity contribution is 8.14. The summed E-state index contributed by atoms with van der Waals surface area (Å²) in [5.74, 6) is -1.63. The lowest BCUT2D eigenvalue weighted by atomic mass is 10.1. The molecule has 1 heterocycles. The maximum Gasteiger partial charge on any atom is 0.418 e. The number of amidine groups is 1. The number of rotatable bonds is 6. The number of hydrogen-bond donors (Lipinski definition) is 2. The molecule has 0 spiro atoms. The van der Waals surface area contributed by atoms with Crippen molar-refractivity contribution < 1.29 is 31.2 Å². The number of carbonyl (C=O) groups excluding carboxylic acids is 2. The standard InChI is InChI=1S/C25H19F3N4O4S2/c26-25(27,28)19-8-4-5-9-21(19)32-23(34)20(14-16-6-2-1-3-7-16)31-24(32)37-15-22(33)30-17-10-12-18(13-11-17)38(29,35)36/h1-14H,15H2,(H,30,33)(H2,29,35,36)/b20-14+. The van der Waals surface area contributed by atoms with Crippen LogP contribution in [-0.4, -0.2) is 31.2 Å². The highest BCUT2D eigenvalue weighted by atomic mass is 32.2. The molecule has 0 aromatic heterocycles. The zero-order chi connectivity index (χ0) is 27.5. The number of halogens is 3. The summed E-state index contributed by atoms with van der Waals surface area (Å²) in [7, 11) is -3.90. The molecular weight excluding hydrogens is 541 g/mol. The monoisotopic (exact) mass is 560 g/mol. The molecule has 0 unspecified atom stereocenters. The van der Waals surface area contributed by atoms with Crippen LogP contribution >= 0.6 is 11.8 Å². The molecule has 1 aliphatic rings. The third kappa shape index (κ3) is 6.30. The molecular formula is C25H19F3N4O4S2. The van der Waals surface area contributed by atoms with Crippen molar-refractivity contribution >= 4 is 56.2 Å². The van der Waals surface area contributed by atoms with Crippen molar-refractivity contribution in [3.05, 3.63) is 95.7 Å². The lowest BCUT2D eigenvalue weighted by Crippen LogP contribution is -2.33. The van der Waals surface area contributed by atoms with Crippen LogP contribution in [0.2, 0.25) is 0 Å². The summed E-state index contributed by atoms with van der Waals surface area (Å²) >= 11 is 0.778. The summed E-state index contributed by atoms with van der Waals surface area (Å²) in [5, 5.41) is 7.50.